The van der Waals surface area contributed by atoms with Crippen LogP contribution >= 0.6 is 24.0 Å². The van der Waals surface area contributed by atoms with Gasteiger partial charge in [0.25, 0.3) is 5.91 Å². The monoisotopic (exact) mass is 415 g/mol. The summed E-state index contributed by atoms with van der Waals surface area (Å²) in [7, 11) is 3.16. The Labute approximate surface area is 172 Å². The van der Waals surface area contributed by atoms with Crippen LogP contribution in [0.3, 0.4) is 0 Å². The van der Waals surface area contributed by atoms with Crippen LogP contribution in [0.2, 0.25) is 0 Å². The molecule has 0 unspecified atom stereocenters. The van der Waals surface area contributed by atoms with Crippen LogP contribution in [0.25, 0.3) is 6.08 Å². The molecule has 0 aromatic heterocycles. The van der Waals surface area contributed by atoms with E-state index in [4.69, 9.17) is 31.2 Å². The Hall–Kier alpha value is -2.71. The standard InChI is InChI=1S/C20H17NO5S2/c1-23-14-5-3-12(7-16(14)24-2)9-18-19(22)21(20(27)28-18)10-13-4-6-15-17(8-13)26-11-25-15/h3-9H,10-11H2,1-2H3/b18-9+. The normalized spacial score (nSPS) is 16.8. The topological polar surface area (TPSA) is 57.2 Å². The molecule has 2 aliphatic rings. The second kappa shape index (κ2) is 7.73. The predicted molar refractivity (Wildman–Crippen MR) is 111 cm³/mol. The molecule has 4 rings (SSSR count). The summed E-state index contributed by atoms with van der Waals surface area (Å²) in [5, 5.41) is 0. The van der Waals surface area contributed by atoms with Crippen molar-refractivity contribution in [2.45, 2.75) is 6.54 Å². The molecule has 0 bridgehead atoms. The average molecular weight is 415 g/mol. The molecule has 0 N–H and O–H groups in total. The van der Waals surface area contributed by atoms with Crippen LogP contribution in [-0.2, 0) is 11.3 Å². The lowest BCUT2D eigenvalue weighted by molar-refractivity contribution is -0.122. The number of rotatable bonds is 5. The van der Waals surface area contributed by atoms with Crippen LogP contribution in [0, 0.1) is 0 Å². The Morgan fingerprint density at radius 2 is 1.89 bits per heavy atom. The fourth-order valence-corrected chi connectivity index (χ4v) is 4.21. The summed E-state index contributed by atoms with van der Waals surface area (Å²) in [6.07, 6.45) is 1.81. The summed E-state index contributed by atoms with van der Waals surface area (Å²) >= 11 is 6.71. The van der Waals surface area contributed by atoms with E-state index in [1.807, 2.05) is 30.3 Å². The van der Waals surface area contributed by atoms with Gasteiger partial charge in [-0.15, -0.1) is 0 Å². The van der Waals surface area contributed by atoms with Gasteiger partial charge >= 0.3 is 0 Å². The zero-order chi connectivity index (χ0) is 19.7. The van der Waals surface area contributed by atoms with Crippen LogP contribution in [0.5, 0.6) is 23.0 Å². The van der Waals surface area contributed by atoms with Crippen LogP contribution in [0.4, 0.5) is 0 Å². The summed E-state index contributed by atoms with van der Waals surface area (Å²) in [5.41, 5.74) is 1.76. The van der Waals surface area contributed by atoms with Crippen LogP contribution in [-0.4, -0.2) is 36.1 Å². The Morgan fingerprint density at radius 1 is 1.11 bits per heavy atom. The quantitative estimate of drug-likeness (QED) is 0.543. The van der Waals surface area contributed by atoms with E-state index in [-0.39, 0.29) is 12.7 Å². The molecule has 1 saturated heterocycles. The molecule has 0 aliphatic carbocycles. The highest BCUT2D eigenvalue weighted by Gasteiger charge is 2.32. The number of ether oxygens (including phenoxy) is 4. The van der Waals surface area contributed by atoms with Crippen molar-refractivity contribution in [2.24, 2.45) is 0 Å². The van der Waals surface area contributed by atoms with Crippen molar-refractivity contribution in [2.75, 3.05) is 21.0 Å². The fourth-order valence-electron chi connectivity index (χ4n) is 2.95. The van der Waals surface area contributed by atoms with Crippen molar-refractivity contribution in [1.82, 2.24) is 4.90 Å². The molecule has 6 nitrogen and oxygen atoms in total. The molecule has 1 fully saturated rings. The fraction of sp³-hybridized carbons (Fsp3) is 0.200. The van der Waals surface area contributed by atoms with E-state index in [1.165, 1.54) is 11.8 Å². The molecular weight excluding hydrogens is 398 g/mol. The molecule has 2 aliphatic heterocycles. The van der Waals surface area contributed by atoms with Gasteiger partial charge in [-0.2, -0.15) is 0 Å². The third kappa shape index (κ3) is 3.53. The Balaban J connectivity index is 1.54. The molecule has 2 aromatic carbocycles. The van der Waals surface area contributed by atoms with Crippen LogP contribution < -0.4 is 18.9 Å². The second-order valence-electron chi connectivity index (χ2n) is 6.07. The lowest BCUT2D eigenvalue weighted by Crippen LogP contribution is -2.27. The van der Waals surface area contributed by atoms with Crippen molar-refractivity contribution in [1.29, 1.82) is 0 Å². The number of benzene rings is 2. The van der Waals surface area contributed by atoms with Crippen molar-refractivity contribution in [3.63, 3.8) is 0 Å². The highest BCUT2D eigenvalue weighted by atomic mass is 32.2. The highest BCUT2D eigenvalue weighted by molar-refractivity contribution is 8.26. The van der Waals surface area contributed by atoms with E-state index in [0.717, 1.165) is 11.1 Å². The number of thioether (sulfide) groups is 1. The van der Waals surface area contributed by atoms with Gasteiger partial charge in [-0.05, 0) is 41.5 Å². The van der Waals surface area contributed by atoms with Crippen molar-refractivity contribution < 1.29 is 23.7 Å². The van der Waals surface area contributed by atoms with Gasteiger partial charge in [0.2, 0.25) is 6.79 Å². The van der Waals surface area contributed by atoms with Gasteiger partial charge < -0.3 is 18.9 Å². The van der Waals surface area contributed by atoms with Gasteiger partial charge in [0.05, 0.1) is 25.7 Å². The zero-order valence-corrected chi connectivity index (χ0v) is 16.9. The minimum Gasteiger partial charge on any atom is -0.493 e. The van der Waals surface area contributed by atoms with E-state index >= 15 is 0 Å². The predicted octanol–water partition coefficient (Wildman–Crippen LogP) is 3.83. The first kappa shape index (κ1) is 18.6. The summed E-state index contributed by atoms with van der Waals surface area (Å²) in [6, 6.07) is 11.1. The van der Waals surface area contributed by atoms with E-state index in [9.17, 15) is 4.79 Å². The maximum Gasteiger partial charge on any atom is 0.266 e. The average Bonchev–Trinajstić information content (AvgIpc) is 3.27. The highest BCUT2D eigenvalue weighted by Crippen LogP contribution is 2.37. The van der Waals surface area contributed by atoms with Crippen molar-refractivity contribution in [3.05, 3.63) is 52.4 Å². The minimum atomic E-state index is -0.123. The van der Waals surface area contributed by atoms with Crippen LogP contribution in [0.15, 0.2) is 41.3 Å². The molecule has 0 atom stereocenters. The number of amides is 1. The van der Waals surface area contributed by atoms with E-state index < -0.39 is 0 Å². The first-order chi connectivity index (χ1) is 13.6. The van der Waals surface area contributed by atoms with Crippen molar-refractivity contribution >= 4 is 40.3 Å². The summed E-state index contributed by atoms with van der Waals surface area (Å²) in [5.74, 6) is 2.51. The SMILES string of the molecule is COc1ccc(/C=C2/SC(=S)N(Cc3ccc4c(c3)OCO4)C2=O)cc1OC. The number of thiocarbonyl (C=S) groups is 1. The number of methoxy groups -OCH3 is 2. The Bertz CT molecular complexity index is 989. The molecule has 2 heterocycles. The number of hydrogen-bond donors (Lipinski definition) is 0. The van der Waals surface area contributed by atoms with Gasteiger partial charge in [0, 0.05) is 0 Å². The largest absolute Gasteiger partial charge is 0.493 e. The number of hydrogen-bond acceptors (Lipinski definition) is 7. The van der Waals surface area contributed by atoms with Gasteiger partial charge in [0.15, 0.2) is 23.0 Å². The maximum atomic E-state index is 12.9. The minimum absolute atomic E-state index is 0.123. The van der Waals surface area contributed by atoms with Gasteiger partial charge in [-0.1, -0.05) is 36.1 Å². The van der Waals surface area contributed by atoms with E-state index in [2.05, 4.69) is 0 Å². The zero-order valence-electron chi connectivity index (χ0n) is 15.3. The van der Waals surface area contributed by atoms with Gasteiger partial charge in [0.1, 0.15) is 4.32 Å². The molecule has 0 saturated carbocycles. The summed E-state index contributed by atoms with van der Waals surface area (Å²) in [6.45, 7) is 0.596. The molecule has 8 heteroatoms. The Kier molecular flexibility index (Phi) is 5.15. The molecule has 2 aromatic rings. The lowest BCUT2D eigenvalue weighted by Gasteiger charge is -2.14. The first-order valence-electron chi connectivity index (χ1n) is 8.45. The summed E-state index contributed by atoms with van der Waals surface area (Å²) < 4.78 is 21.8. The second-order valence-corrected chi connectivity index (χ2v) is 7.75. The third-order valence-corrected chi connectivity index (χ3v) is 5.73. The molecule has 28 heavy (non-hydrogen) atoms. The molecule has 0 radical (unpaired) electrons. The van der Waals surface area contributed by atoms with Crippen molar-refractivity contribution in [3.8, 4) is 23.0 Å². The lowest BCUT2D eigenvalue weighted by atomic mass is 10.1. The van der Waals surface area contributed by atoms with E-state index in [1.54, 1.807) is 31.3 Å². The number of carbonyl (C=O) groups is 1. The molecule has 0 spiro atoms. The number of nitrogens with zero attached hydrogens (tertiary/aromatic N) is 1. The first-order valence-corrected chi connectivity index (χ1v) is 9.67. The van der Waals surface area contributed by atoms with Gasteiger partial charge in [-0.25, -0.2) is 0 Å². The maximum absolute atomic E-state index is 12.9. The van der Waals surface area contributed by atoms with Gasteiger partial charge in [-0.3, -0.25) is 9.69 Å². The third-order valence-electron chi connectivity index (χ3n) is 4.36. The number of carbonyl (C=O) groups excluding carboxylic acids is 1. The van der Waals surface area contributed by atoms with E-state index in [0.29, 0.717) is 38.8 Å². The molecular formula is C20H17NO5S2. The summed E-state index contributed by atoms with van der Waals surface area (Å²) in [4.78, 5) is 15.0. The Morgan fingerprint density at radius 3 is 2.68 bits per heavy atom. The number of fused-ring (bicyclic) bond motifs is 1. The van der Waals surface area contributed by atoms with Crippen LogP contribution in [0.1, 0.15) is 11.1 Å². The molecule has 1 amide bonds. The molecule has 144 valence electrons. The smallest absolute Gasteiger partial charge is 0.266 e.